The molecule has 0 atom stereocenters. The van der Waals surface area contributed by atoms with E-state index in [-0.39, 0.29) is 11.7 Å². The first-order valence-corrected chi connectivity index (χ1v) is 6.65. The summed E-state index contributed by atoms with van der Waals surface area (Å²) in [4.78, 5) is 16.1. The van der Waals surface area contributed by atoms with Crippen LogP contribution in [0.1, 0.15) is 28.5 Å². The number of carbonyl (C=O) groups excluding carboxylic acids is 1. The van der Waals surface area contributed by atoms with Gasteiger partial charge < -0.3 is 5.32 Å². The molecule has 3 nitrogen and oxygen atoms in total. The van der Waals surface area contributed by atoms with Gasteiger partial charge in [0.2, 0.25) is 0 Å². The number of hydrogen-bond acceptors (Lipinski definition) is 2. The second-order valence-corrected chi connectivity index (χ2v) is 4.72. The lowest BCUT2D eigenvalue weighted by atomic mass is 10.1. The molecule has 0 bridgehead atoms. The van der Waals surface area contributed by atoms with E-state index in [4.69, 9.17) is 11.6 Å². The van der Waals surface area contributed by atoms with Gasteiger partial charge in [-0.05, 0) is 36.2 Å². The molecule has 5 heteroatoms. The fourth-order valence-electron chi connectivity index (χ4n) is 1.75. The number of halogens is 2. The molecular formula is C15H14ClFN2O. The highest BCUT2D eigenvalue weighted by Gasteiger charge is 2.08. The molecule has 2 rings (SSSR count). The van der Waals surface area contributed by atoms with Crippen molar-refractivity contribution in [2.75, 3.05) is 0 Å². The van der Waals surface area contributed by atoms with E-state index in [2.05, 4.69) is 10.3 Å². The minimum absolute atomic E-state index is 0.228. The van der Waals surface area contributed by atoms with Crippen molar-refractivity contribution in [3.63, 3.8) is 0 Å². The Labute approximate surface area is 121 Å². The summed E-state index contributed by atoms with van der Waals surface area (Å²) in [6.07, 6.45) is 0.707. The predicted molar refractivity (Wildman–Crippen MR) is 76.2 cm³/mol. The molecule has 0 aliphatic carbocycles. The van der Waals surface area contributed by atoms with Crippen LogP contribution in [0.5, 0.6) is 0 Å². The Morgan fingerprint density at radius 3 is 2.65 bits per heavy atom. The van der Waals surface area contributed by atoms with Crippen LogP contribution in [0.25, 0.3) is 0 Å². The Morgan fingerprint density at radius 1 is 1.30 bits per heavy atom. The van der Waals surface area contributed by atoms with Crippen molar-refractivity contribution >= 4 is 17.5 Å². The number of nitrogens with zero attached hydrogens (tertiary/aromatic N) is 1. The second kappa shape index (κ2) is 6.48. The number of hydrogen-bond donors (Lipinski definition) is 1. The first kappa shape index (κ1) is 14.5. The van der Waals surface area contributed by atoms with E-state index in [1.807, 2.05) is 6.92 Å². The van der Waals surface area contributed by atoms with Crippen LogP contribution in [0.3, 0.4) is 0 Å². The van der Waals surface area contributed by atoms with Gasteiger partial charge in [-0.3, -0.25) is 4.79 Å². The van der Waals surface area contributed by atoms with Crippen LogP contribution in [-0.4, -0.2) is 10.9 Å². The average Bonchev–Trinajstić information content (AvgIpc) is 2.45. The Bertz CT molecular complexity index is 614. The maximum Gasteiger partial charge on any atom is 0.251 e. The van der Waals surface area contributed by atoms with Gasteiger partial charge in [-0.25, -0.2) is 9.37 Å². The smallest absolute Gasteiger partial charge is 0.251 e. The van der Waals surface area contributed by atoms with Gasteiger partial charge in [-0.2, -0.15) is 0 Å². The predicted octanol–water partition coefficient (Wildman–Crippen LogP) is 3.37. The first-order chi connectivity index (χ1) is 9.58. The van der Waals surface area contributed by atoms with Crippen molar-refractivity contribution in [1.82, 2.24) is 10.3 Å². The number of aromatic nitrogens is 1. The molecule has 0 aliphatic rings. The average molecular weight is 293 g/mol. The molecule has 0 unspecified atom stereocenters. The molecule has 0 aliphatic heterocycles. The number of nitrogens with one attached hydrogen (secondary N) is 1. The molecule has 0 saturated heterocycles. The lowest BCUT2D eigenvalue weighted by Crippen LogP contribution is -2.23. The number of carbonyl (C=O) groups is 1. The van der Waals surface area contributed by atoms with Gasteiger partial charge in [0.1, 0.15) is 11.0 Å². The Balaban J connectivity index is 2.04. The van der Waals surface area contributed by atoms with Gasteiger partial charge in [0, 0.05) is 17.8 Å². The zero-order chi connectivity index (χ0) is 14.5. The maximum absolute atomic E-state index is 12.8. The zero-order valence-corrected chi connectivity index (χ0v) is 11.7. The number of amides is 1. The fourth-order valence-corrected chi connectivity index (χ4v) is 1.98. The van der Waals surface area contributed by atoms with E-state index in [9.17, 15) is 9.18 Å². The highest BCUT2D eigenvalue weighted by atomic mass is 35.5. The summed E-state index contributed by atoms with van der Waals surface area (Å²) in [6, 6.07) is 9.23. The molecule has 1 amide bonds. The molecule has 0 saturated carbocycles. The molecule has 0 radical (unpaired) electrons. The molecule has 0 fully saturated rings. The largest absolute Gasteiger partial charge is 0.348 e. The van der Waals surface area contributed by atoms with Crippen LogP contribution in [0, 0.1) is 5.82 Å². The fraction of sp³-hybridized carbons (Fsp3) is 0.200. The van der Waals surface area contributed by atoms with E-state index in [1.54, 1.807) is 18.2 Å². The molecule has 20 heavy (non-hydrogen) atoms. The van der Waals surface area contributed by atoms with Gasteiger partial charge in [-0.1, -0.05) is 30.7 Å². The number of aryl methyl sites for hydroxylation is 1. The van der Waals surface area contributed by atoms with Crippen LogP contribution in [0.15, 0.2) is 36.4 Å². The van der Waals surface area contributed by atoms with Crippen molar-refractivity contribution in [3.05, 3.63) is 64.2 Å². The molecule has 1 aromatic heterocycles. The standard InChI is InChI=1S/C15H14ClFN2O/c1-2-13-7-11(8-14(16)19-13)15(20)18-9-10-3-5-12(17)6-4-10/h3-8H,2,9H2,1H3,(H,18,20). The molecule has 104 valence electrons. The summed E-state index contributed by atoms with van der Waals surface area (Å²) in [5, 5.41) is 3.07. The summed E-state index contributed by atoms with van der Waals surface area (Å²) in [5.74, 6) is -0.526. The van der Waals surface area contributed by atoms with Crippen molar-refractivity contribution in [2.24, 2.45) is 0 Å². The van der Waals surface area contributed by atoms with Gasteiger partial charge >= 0.3 is 0 Å². The molecule has 2 aromatic rings. The van der Waals surface area contributed by atoms with Crippen LogP contribution in [0.2, 0.25) is 5.15 Å². The van der Waals surface area contributed by atoms with Gasteiger partial charge in [-0.15, -0.1) is 0 Å². The Hall–Kier alpha value is -1.94. The number of benzene rings is 1. The van der Waals surface area contributed by atoms with E-state index < -0.39 is 0 Å². The topological polar surface area (TPSA) is 42.0 Å². The van der Waals surface area contributed by atoms with E-state index >= 15 is 0 Å². The summed E-state index contributed by atoms with van der Waals surface area (Å²) < 4.78 is 12.8. The molecule has 1 heterocycles. The monoisotopic (exact) mass is 292 g/mol. The molecular weight excluding hydrogens is 279 g/mol. The highest BCUT2D eigenvalue weighted by Crippen LogP contribution is 2.12. The second-order valence-electron chi connectivity index (χ2n) is 4.33. The summed E-state index contributed by atoms with van der Waals surface area (Å²) >= 11 is 5.87. The van der Waals surface area contributed by atoms with Crippen LogP contribution < -0.4 is 5.32 Å². The number of pyridine rings is 1. The van der Waals surface area contributed by atoms with Crippen LogP contribution in [0.4, 0.5) is 4.39 Å². The van der Waals surface area contributed by atoms with Gasteiger partial charge in [0.25, 0.3) is 5.91 Å². The minimum Gasteiger partial charge on any atom is -0.348 e. The van der Waals surface area contributed by atoms with Crippen LogP contribution in [-0.2, 0) is 13.0 Å². The summed E-state index contributed by atoms with van der Waals surface area (Å²) in [6.45, 7) is 2.28. The lowest BCUT2D eigenvalue weighted by Gasteiger charge is -2.07. The quantitative estimate of drug-likeness (QED) is 0.878. The minimum atomic E-state index is -0.298. The Kier molecular flexibility index (Phi) is 4.69. The van der Waals surface area contributed by atoms with Crippen molar-refractivity contribution in [3.8, 4) is 0 Å². The first-order valence-electron chi connectivity index (χ1n) is 6.27. The maximum atomic E-state index is 12.8. The van der Waals surface area contributed by atoms with E-state index in [0.717, 1.165) is 11.3 Å². The molecule has 1 aromatic carbocycles. The molecule has 0 spiro atoms. The SMILES string of the molecule is CCc1cc(C(=O)NCc2ccc(F)cc2)cc(Cl)n1. The summed E-state index contributed by atoms with van der Waals surface area (Å²) in [5.41, 5.74) is 2.07. The lowest BCUT2D eigenvalue weighted by molar-refractivity contribution is 0.0950. The highest BCUT2D eigenvalue weighted by molar-refractivity contribution is 6.29. The van der Waals surface area contributed by atoms with Crippen molar-refractivity contribution < 1.29 is 9.18 Å². The number of rotatable bonds is 4. The molecule has 1 N–H and O–H groups in total. The van der Waals surface area contributed by atoms with Crippen molar-refractivity contribution in [2.45, 2.75) is 19.9 Å². The normalized spacial score (nSPS) is 10.3. The van der Waals surface area contributed by atoms with Gasteiger partial charge in [0.15, 0.2) is 0 Å². The van der Waals surface area contributed by atoms with E-state index in [0.29, 0.717) is 23.7 Å². The zero-order valence-electron chi connectivity index (χ0n) is 11.0. The third-order valence-corrected chi connectivity index (χ3v) is 3.03. The Morgan fingerprint density at radius 2 is 2.00 bits per heavy atom. The summed E-state index contributed by atoms with van der Waals surface area (Å²) in [7, 11) is 0. The van der Waals surface area contributed by atoms with E-state index in [1.165, 1.54) is 18.2 Å². The third kappa shape index (κ3) is 3.78. The van der Waals surface area contributed by atoms with Gasteiger partial charge in [0.05, 0.1) is 0 Å². The van der Waals surface area contributed by atoms with Crippen LogP contribution >= 0.6 is 11.6 Å². The van der Waals surface area contributed by atoms with Crippen molar-refractivity contribution in [1.29, 1.82) is 0 Å². The third-order valence-electron chi connectivity index (χ3n) is 2.84.